The summed E-state index contributed by atoms with van der Waals surface area (Å²) >= 11 is 0. The molecule has 0 aliphatic rings. The number of Topliss-reactive ketones (excluding diaryl/α,β-unsaturated/α-hetero) is 1. The molecule has 0 atom stereocenters. The molecule has 0 aliphatic carbocycles. The van der Waals surface area contributed by atoms with Crippen molar-refractivity contribution in [2.24, 2.45) is 0 Å². The van der Waals surface area contributed by atoms with Gasteiger partial charge in [-0.15, -0.1) is 0 Å². The number of carbonyl (C=O) groups excluding carboxylic acids is 1. The van der Waals surface area contributed by atoms with Gasteiger partial charge in [0.1, 0.15) is 0 Å². The first-order chi connectivity index (χ1) is 9.24. The highest BCUT2D eigenvalue weighted by molar-refractivity contribution is 5.97. The third kappa shape index (κ3) is 3.07. The molecule has 0 aliphatic heterocycles. The van der Waals surface area contributed by atoms with Crippen molar-refractivity contribution in [3.8, 4) is 11.5 Å². The molecule has 0 fully saturated rings. The highest BCUT2D eigenvalue weighted by Gasteiger charge is 2.11. The van der Waals surface area contributed by atoms with Crippen LogP contribution < -0.4 is 9.47 Å². The zero-order valence-corrected chi connectivity index (χ0v) is 10.8. The zero-order chi connectivity index (χ0) is 13.7. The molecule has 0 spiro atoms. The number of rotatable bonds is 5. The molecule has 19 heavy (non-hydrogen) atoms. The van der Waals surface area contributed by atoms with Crippen LogP contribution in [-0.4, -0.2) is 30.0 Å². The fourth-order valence-electron chi connectivity index (χ4n) is 1.70. The average Bonchev–Trinajstić information content (AvgIpc) is 2.47. The number of nitrogens with zero attached hydrogens (tertiary/aromatic N) is 2. The van der Waals surface area contributed by atoms with Crippen LogP contribution in [0.3, 0.4) is 0 Å². The lowest BCUT2D eigenvalue weighted by molar-refractivity contribution is 0.0991. The Bertz CT molecular complexity index is 570. The molecule has 0 radical (unpaired) electrons. The highest BCUT2D eigenvalue weighted by atomic mass is 16.5. The van der Waals surface area contributed by atoms with E-state index in [1.807, 2.05) is 0 Å². The first-order valence-electron chi connectivity index (χ1n) is 5.74. The zero-order valence-electron chi connectivity index (χ0n) is 10.8. The molecule has 0 saturated heterocycles. The third-order valence-electron chi connectivity index (χ3n) is 2.66. The Morgan fingerprint density at radius 3 is 2.58 bits per heavy atom. The number of hydrogen-bond donors (Lipinski definition) is 0. The van der Waals surface area contributed by atoms with E-state index in [0.717, 1.165) is 0 Å². The molecule has 5 heteroatoms. The molecule has 0 bridgehead atoms. The minimum absolute atomic E-state index is 0.0403. The lowest BCUT2D eigenvalue weighted by atomic mass is 10.1. The molecule has 98 valence electrons. The normalized spacial score (nSPS) is 10.0. The van der Waals surface area contributed by atoms with E-state index in [-0.39, 0.29) is 12.2 Å². The molecule has 1 aromatic heterocycles. The molecule has 1 aromatic carbocycles. The summed E-state index contributed by atoms with van der Waals surface area (Å²) in [5.41, 5.74) is 1.20. The van der Waals surface area contributed by atoms with Crippen molar-refractivity contribution in [2.75, 3.05) is 14.2 Å². The second-order valence-electron chi connectivity index (χ2n) is 3.87. The maximum Gasteiger partial charge on any atom is 0.169 e. The molecule has 1 heterocycles. The van der Waals surface area contributed by atoms with Gasteiger partial charge in [-0.3, -0.25) is 14.8 Å². The summed E-state index contributed by atoms with van der Waals surface area (Å²) in [5.74, 6) is 1.09. The monoisotopic (exact) mass is 258 g/mol. The second kappa shape index (κ2) is 5.95. The Morgan fingerprint density at radius 2 is 1.95 bits per heavy atom. The molecular formula is C14H14N2O3. The summed E-state index contributed by atoms with van der Waals surface area (Å²) in [7, 11) is 3.09. The van der Waals surface area contributed by atoms with Crippen LogP contribution in [0.15, 0.2) is 36.8 Å². The molecule has 0 unspecified atom stereocenters. The quantitative estimate of drug-likeness (QED) is 0.767. The molecule has 0 saturated carbocycles. The lowest BCUT2D eigenvalue weighted by Gasteiger charge is -2.08. The van der Waals surface area contributed by atoms with E-state index in [2.05, 4.69) is 9.97 Å². The van der Waals surface area contributed by atoms with Gasteiger partial charge in [-0.25, -0.2) is 0 Å². The summed E-state index contributed by atoms with van der Waals surface area (Å²) in [6.07, 6.45) is 4.93. The molecule has 5 nitrogen and oxygen atoms in total. The predicted molar refractivity (Wildman–Crippen MR) is 69.6 cm³/mol. The fraction of sp³-hybridized carbons (Fsp3) is 0.214. The Labute approximate surface area is 111 Å². The van der Waals surface area contributed by atoms with E-state index < -0.39 is 0 Å². The SMILES string of the molecule is COc1ccc(C(=O)Cc2cnccn2)cc1OC. The van der Waals surface area contributed by atoms with Crippen LogP contribution in [0.2, 0.25) is 0 Å². The molecule has 2 aromatic rings. The van der Waals surface area contributed by atoms with Crippen LogP contribution in [0.1, 0.15) is 16.1 Å². The molecule has 2 rings (SSSR count). The van der Waals surface area contributed by atoms with E-state index in [9.17, 15) is 4.79 Å². The van der Waals surface area contributed by atoms with Crippen molar-refractivity contribution in [2.45, 2.75) is 6.42 Å². The Balaban J connectivity index is 2.20. The van der Waals surface area contributed by atoms with Crippen LogP contribution in [0.25, 0.3) is 0 Å². The van der Waals surface area contributed by atoms with Crippen molar-refractivity contribution in [1.82, 2.24) is 9.97 Å². The lowest BCUT2D eigenvalue weighted by Crippen LogP contribution is -2.06. The van der Waals surface area contributed by atoms with Gasteiger partial charge in [0.25, 0.3) is 0 Å². The topological polar surface area (TPSA) is 61.3 Å². The van der Waals surface area contributed by atoms with Crippen LogP contribution in [0.5, 0.6) is 11.5 Å². The Hall–Kier alpha value is -2.43. The van der Waals surface area contributed by atoms with Crippen LogP contribution in [0, 0.1) is 0 Å². The first kappa shape index (κ1) is 13.0. The van der Waals surface area contributed by atoms with Gasteiger partial charge >= 0.3 is 0 Å². The third-order valence-corrected chi connectivity index (χ3v) is 2.66. The average molecular weight is 258 g/mol. The van der Waals surface area contributed by atoms with E-state index in [0.29, 0.717) is 22.8 Å². The fourth-order valence-corrected chi connectivity index (χ4v) is 1.70. The number of methoxy groups -OCH3 is 2. The number of ketones is 1. The minimum atomic E-state index is -0.0403. The Kier molecular flexibility index (Phi) is 4.07. The van der Waals surface area contributed by atoms with Crippen LogP contribution in [0.4, 0.5) is 0 Å². The minimum Gasteiger partial charge on any atom is -0.493 e. The standard InChI is InChI=1S/C14H14N2O3/c1-18-13-4-3-10(7-14(13)19-2)12(17)8-11-9-15-5-6-16-11/h3-7,9H,8H2,1-2H3. The summed E-state index contributed by atoms with van der Waals surface area (Å²) in [6.45, 7) is 0. The number of benzene rings is 1. The largest absolute Gasteiger partial charge is 0.493 e. The van der Waals surface area contributed by atoms with E-state index >= 15 is 0 Å². The van der Waals surface area contributed by atoms with Crippen LogP contribution >= 0.6 is 0 Å². The van der Waals surface area contributed by atoms with Gasteiger partial charge in [-0.05, 0) is 18.2 Å². The van der Waals surface area contributed by atoms with Gasteiger partial charge in [-0.1, -0.05) is 0 Å². The van der Waals surface area contributed by atoms with Crippen molar-refractivity contribution in [3.05, 3.63) is 48.0 Å². The summed E-state index contributed by atoms with van der Waals surface area (Å²) in [6, 6.07) is 5.08. The number of hydrogen-bond acceptors (Lipinski definition) is 5. The van der Waals surface area contributed by atoms with Crippen molar-refractivity contribution < 1.29 is 14.3 Å². The highest BCUT2D eigenvalue weighted by Crippen LogP contribution is 2.27. The van der Waals surface area contributed by atoms with Gasteiger partial charge < -0.3 is 9.47 Å². The van der Waals surface area contributed by atoms with Gasteiger partial charge in [0.2, 0.25) is 0 Å². The summed E-state index contributed by atoms with van der Waals surface area (Å²) < 4.78 is 10.3. The van der Waals surface area contributed by atoms with Gasteiger partial charge in [0, 0.05) is 24.2 Å². The Morgan fingerprint density at radius 1 is 1.16 bits per heavy atom. The number of aromatic nitrogens is 2. The summed E-state index contributed by atoms with van der Waals surface area (Å²) in [4.78, 5) is 20.1. The van der Waals surface area contributed by atoms with Crippen molar-refractivity contribution >= 4 is 5.78 Å². The van der Waals surface area contributed by atoms with Gasteiger partial charge in [-0.2, -0.15) is 0 Å². The maximum atomic E-state index is 12.1. The smallest absolute Gasteiger partial charge is 0.169 e. The first-order valence-corrected chi connectivity index (χ1v) is 5.74. The van der Waals surface area contributed by atoms with E-state index in [1.54, 1.807) is 43.9 Å². The molecule has 0 N–H and O–H groups in total. The van der Waals surface area contributed by atoms with Crippen molar-refractivity contribution in [3.63, 3.8) is 0 Å². The van der Waals surface area contributed by atoms with Crippen LogP contribution in [-0.2, 0) is 6.42 Å². The number of ether oxygens (including phenoxy) is 2. The second-order valence-corrected chi connectivity index (χ2v) is 3.87. The van der Waals surface area contributed by atoms with E-state index in [4.69, 9.17) is 9.47 Å². The number of carbonyl (C=O) groups is 1. The molecular weight excluding hydrogens is 244 g/mol. The molecule has 0 amide bonds. The van der Waals surface area contributed by atoms with Gasteiger partial charge in [0.15, 0.2) is 17.3 Å². The van der Waals surface area contributed by atoms with Crippen molar-refractivity contribution in [1.29, 1.82) is 0 Å². The van der Waals surface area contributed by atoms with E-state index in [1.165, 1.54) is 7.11 Å². The summed E-state index contributed by atoms with van der Waals surface area (Å²) in [5, 5.41) is 0. The maximum absolute atomic E-state index is 12.1. The van der Waals surface area contributed by atoms with Gasteiger partial charge in [0.05, 0.1) is 26.3 Å². The predicted octanol–water partition coefficient (Wildman–Crippen LogP) is 1.92.